The fourth-order valence-corrected chi connectivity index (χ4v) is 4.16. The lowest BCUT2D eigenvalue weighted by molar-refractivity contribution is -0.114. The Balaban J connectivity index is 2.30. The minimum absolute atomic E-state index is 0.00596. The Labute approximate surface area is 161 Å². The highest BCUT2D eigenvalue weighted by Crippen LogP contribution is 2.30. The normalized spacial score (nSPS) is 11.4. The van der Waals surface area contributed by atoms with Gasteiger partial charge in [0.15, 0.2) is 0 Å². The third kappa shape index (κ3) is 4.96. The van der Waals surface area contributed by atoms with Crippen LogP contribution in [-0.2, 0) is 14.8 Å². The molecule has 2 N–H and O–H groups in total. The van der Waals surface area contributed by atoms with Crippen LogP contribution >= 0.6 is 27.5 Å². The molecule has 8 heteroatoms. The smallest absolute Gasteiger partial charge is 0.261 e. The summed E-state index contributed by atoms with van der Waals surface area (Å²) in [7, 11) is -3.81. The van der Waals surface area contributed by atoms with Crippen molar-refractivity contribution in [2.45, 2.75) is 31.6 Å². The minimum atomic E-state index is -3.81. The monoisotopic (exact) mass is 444 g/mol. The van der Waals surface area contributed by atoms with Crippen LogP contribution in [0.15, 0.2) is 45.8 Å². The highest BCUT2D eigenvalue weighted by atomic mass is 79.9. The number of hydrogen-bond acceptors (Lipinski definition) is 3. The van der Waals surface area contributed by atoms with Gasteiger partial charge in [0, 0.05) is 11.4 Å². The molecule has 0 saturated heterocycles. The summed E-state index contributed by atoms with van der Waals surface area (Å²) in [5.41, 5.74) is 1.89. The van der Waals surface area contributed by atoms with Crippen LogP contribution in [0.1, 0.15) is 32.3 Å². The maximum atomic E-state index is 12.6. The molecule has 134 valence electrons. The van der Waals surface area contributed by atoms with Crippen molar-refractivity contribution in [1.82, 2.24) is 0 Å². The first-order valence-corrected chi connectivity index (χ1v) is 10.1. The average Bonchev–Trinajstić information content (AvgIpc) is 2.50. The van der Waals surface area contributed by atoms with Crippen LogP contribution in [0.5, 0.6) is 0 Å². The molecule has 0 radical (unpaired) electrons. The van der Waals surface area contributed by atoms with E-state index in [-0.39, 0.29) is 15.8 Å². The van der Waals surface area contributed by atoms with E-state index in [0.29, 0.717) is 21.8 Å². The number of carbonyl (C=O) groups is 1. The van der Waals surface area contributed by atoms with Gasteiger partial charge in [0.2, 0.25) is 5.91 Å². The molecule has 0 spiro atoms. The molecule has 0 aromatic heterocycles. The number of amides is 1. The van der Waals surface area contributed by atoms with E-state index in [1.165, 1.54) is 25.1 Å². The summed E-state index contributed by atoms with van der Waals surface area (Å²) in [5, 5.41) is 2.68. The lowest BCUT2D eigenvalue weighted by Crippen LogP contribution is -2.14. The first-order valence-electron chi connectivity index (χ1n) is 7.49. The van der Waals surface area contributed by atoms with Crippen molar-refractivity contribution in [3.8, 4) is 0 Å². The Morgan fingerprint density at radius 2 is 1.76 bits per heavy atom. The fourth-order valence-electron chi connectivity index (χ4n) is 2.13. The maximum Gasteiger partial charge on any atom is 0.261 e. The highest BCUT2D eigenvalue weighted by Gasteiger charge is 2.18. The summed E-state index contributed by atoms with van der Waals surface area (Å²) < 4.78 is 28.4. The van der Waals surface area contributed by atoms with Gasteiger partial charge in [0.25, 0.3) is 10.0 Å². The zero-order chi connectivity index (χ0) is 18.8. The van der Waals surface area contributed by atoms with Crippen molar-refractivity contribution < 1.29 is 13.2 Å². The van der Waals surface area contributed by atoms with Gasteiger partial charge in [0.05, 0.1) is 21.3 Å². The number of anilines is 2. The molecule has 0 saturated carbocycles. The van der Waals surface area contributed by atoms with E-state index in [0.717, 1.165) is 5.56 Å². The molecular formula is C17H18BrClN2O3S. The van der Waals surface area contributed by atoms with E-state index in [9.17, 15) is 13.2 Å². The predicted molar refractivity (Wildman–Crippen MR) is 105 cm³/mol. The van der Waals surface area contributed by atoms with Gasteiger partial charge in [0.1, 0.15) is 0 Å². The molecular weight excluding hydrogens is 428 g/mol. The summed E-state index contributed by atoms with van der Waals surface area (Å²) in [4.78, 5) is 11.1. The topological polar surface area (TPSA) is 75.3 Å². The van der Waals surface area contributed by atoms with Gasteiger partial charge in [-0.3, -0.25) is 9.52 Å². The molecule has 2 rings (SSSR count). The summed E-state index contributed by atoms with van der Waals surface area (Å²) in [6.07, 6.45) is 0. The van der Waals surface area contributed by atoms with Crippen molar-refractivity contribution in [3.63, 3.8) is 0 Å². The van der Waals surface area contributed by atoms with Crippen LogP contribution < -0.4 is 10.0 Å². The summed E-state index contributed by atoms with van der Waals surface area (Å²) >= 11 is 9.45. The van der Waals surface area contributed by atoms with Crippen molar-refractivity contribution in [2.24, 2.45) is 0 Å². The van der Waals surface area contributed by atoms with Gasteiger partial charge in [-0.15, -0.1) is 0 Å². The second kappa shape index (κ2) is 7.76. The van der Waals surface area contributed by atoms with Crippen LogP contribution in [0.3, 0.4) is 0 Å². The number of nitrogens with one attached hydrogen (secondary N) is 2. The lowest BCUT2D eigenvalue weighted by Gasteiger charge is -2.13. The van der Waals surface area contributed by atoms with E-state index in [1.807, 2.05) is 12.1 Å². The standard InChI is InChI=1S/C17H18BrClN2O3S/c1-10(2)12-4-6-16(14(18)8-12)21-25(23,24)13-5-7-17(15(19)9-13)20-11(3)22/h4-10,21H,1-3H3,(H,20,22). The molecule has 0 aliphatic heterocycles. The van der Waals surface area contributed by atoms with Gasteiger partial charge in [-0.1, -0.05) is 31.5 Å². The number of rotatable bonds is 5. The van der Waals surface area contributed by atoms with Crippen molar-refractivity contribution >= 4 is 54.8 Å². The van der Waals surface area contributed by atoms with Gasteiger partial charge in [-0.25, -0.2) is 8.42 Å². The molecule has 2 aromatic carbocycles. The van der Waals surface area contributed by atoms with Crippen LogP contribution in [0, 0.1) is 0 Å². The first-order chi connectivity index (χ1) is 11.6. The SMILES string of the molecule is CC(=O)Nc1ccc(S(=O)(=O)Nc2ccc(C(C)C)cc2Br)cc1Cl. The maximum absolute atomic E-state index is 12.6. The summed E-state index contributed by atoms with van der Waals surface area (Å²) in [6, 6.07) is 9.61. The number of sulfonamides is 1. The third-order valence-electron chi connectivity index (χ3n) is 3.47. The van der Waals surface area contributed by atoms with Gasteiger partial charge in [-0.05, 0) is 57.7 Å². The Kier molecular flexibility index (Phi) is 6.13. The number of carbonyl (C=O) groups excluding carboxylic acids is 1. The van der Waals surface area contributed by atoms with Crippen LogP contribution in [0.4, 0.5) is 11.4 Å². The highest BCUT2D eigenvalue weighted by molar-refractivity contribution is 9.10. The first kappa shape index (κ1) is 19.8. The molecule has 2 aromatic rings. The Hall–Kier alpha value is -1.57. The number of hydrogen-bond donors (Lipinski definition) is 2. The third-order valence-corrected chi connectivity index (χ3v) is 5.80. The predicted octanol–water partition coefficient (Wildman–Crippen LogP) is 4.99. The zero-order valence-electron chi connectivity index (χ0n) is 13.9. The van der Waals surface area contributed by atoms with Crippen molar-refractivity contribution in [3.05, 3.63) is 51.5 Å². The molecule has 1 amide bonds. The molecule has 0 aliphatic carbocycles. The molecule has 0 heterocycles. The van der Waals surface area contributed by atoms with Crippen LogP contribution in [0.2, 0.25) is 5.02 Å². The van der Waals surface area contributed by atoms with Gasteiger partial charge >= 0.3 is 0 Å². The molecule has 5 nitrogen and oxygen atoms in total. The van der Waals surface area contributed by atoms with Crippen LogP contribution in [-0.4, -0.2) is 14.3 Å². The second-order valence-electron chi connectivity index (χ2n) is 5.82. The molecule has 0 atom stereocenters. The Morgan fingerprint density at radius 1 is 1.12 bits per heavy atom. The lowest BCUT2D eigenvalue weighted by atomic mass is 10.0. The average molecular weight is 446 g/mol. The second-order valence-corrected chi connectivity index (χ2v) is 8.77. The van der Waals surface area contributed by atoms with Crippen LogP contribution in [0.25, 0.3) is 0 Å². The molecule has 0 aliphatic rings. The molecule has 0 fully saturated rings. The minimum Gasteiger partial charge on any atom is -0.325 e. The van der Waals surface area contributed by atoms with E-state index in [2.05, 4.69) is 39.8 Å². The summed E-state index contributed by atoms with van der Waals surface area (Å²) in [6.45, 7) is 5.47. The molecule has 25 heavy (non-hydrogen) atoms. The Bertz CT molecular complexity index is 914. The van der Waals surface area contributed by atoms with E-state index in [4.69, 9.17) is 11.6 Å². The fraction of sp³-hybridized carbons (Fsp3) is 0.235. The van der Waals surface area contributed by atoms with Crippen molar-refractivity contribution in [2.75, 3.05) is 10.0 Å². The zero-order valence-corrected chi connectivity index (χ0v) is 17.1. The quantitative estimate of drug-likeness (QED) is 0.681. The van der Waals surface area contributed by atoms with Crippen molar-refractivity contribution in [1.29, 1.82) is 0 Å². The molecule has 0 unspecified atom stereocenters. The molecule has 0 bridgehead atoms. The number of benzene rings is 2. The van der Waals surface area contributed by atoms with Gasteiger partial charge in [-0.2, -0.15) is 0 Å². The van der Waals surface area contributed by atoms with E-state index >= 15 is 0 Å². The Morgan fingerprint density at radius 3 is 2.28 bits per heavy atom. The van der Waals surface area contributed by atoms with E-state index in [1.54, 1.807) is 6.07 Å². The van der Waals surface area contributed by atoms with Gasteiger partial charge < -0.3 is 5.32 Å². The number of halogens is 2. The largest absolute Gasteiger partial charge is 0.325 e. The van der Waals surface area contributed by atoms with E-state index < -0.39 is 10.0 Å². The summed E-state index contributed by atoms with van der Waals surface area (Å²) in [5.74, 6) is 0.0480.